The van der Waals surface area contributed by atoms with Crippen molar-refractivity contribution < 1.29 is 24.2 Å². The van der Waals surface area contributed by atoms with Crippen LogP contribution >= 0.6 is 0 Å². The van der Waals surface area contributed by atoms with E-state index >= 15 is 0 Å². The first-order valence-corrected chi connectivity index (χ1v) is 8.17. The summed E-state index contributed by atoms with van der Waals surface area (Å²) in [6, 6.07) is 6.34. The molecule has 2 atom stereocenters. The summed E-state index contributed by atoms with van der Waals surface area (Å²) in [6.45, 7) is 0.582. The van der Waals surface area contributed by atoms with Gasteiger partial charge in [0.15, 0.2) is 0 Å². The van der Waals surface area contributed by atoms with Crippen LogP contribution in [0.3, 0.4) is 0 Å². The highest BCUT2D eigenvalue weighted by Crippen LogP contribution is 2.26. The molecule has 1 aromatic carbocycles. The Morgan fingerprint density at radius 1 is 1.21 bits per heavy atom. The number of aliphatic hydroxyl groups excluding tert-OH is 1. The van der Waals surface area contributed by atoms with Crippen LogP contribution in [0.4, 0.5) is 4.79 Å². The number of ether oxygens (including phenoxy) is 2. The van der Waals surface area contributed by atoms with Gasteiger partial charge in [-0.1, -0.05) is 0 Å². The number of amides is 3. The van der Waals surface area contributed by atoms with Gasteiger partial charge in [0.05, 0.1) is 13.7 Å². The van der Waals surface area contributed by atoms with Crippen LogP contribution in [0.5, 0.6) is 11.5 Å². The number of hydrogen-bond donors (Lipinski definition) is 1. The molecule has 2 aliphatic heterocycles. The third-order valence-corrected chi connectivity index (χ3v) is 4.43. The Balaban J connectivity index is 1.53. The predicted molar refractivity (Wildman–Crippen MR) is 85.9 cm³/mol. The first-order valence-electron chi connectivity index (χ1n) is 8.17. The SMILES string of the molecule is COc1ccc(OCC(O)CN2C(=O)C3CCCCN3C2=O)cc1. The zero-order valence-corrected chi connectivity index (χ0v) is 13.7. The first kappa shape index (κ1) is 16.6. The number of benzene rings is 1. The molecule has 2 saturated heterocycles. The molecule has 0 radical (unpaired) electrons. The average molecular weight is 334 g/mol. The van der Waals surface area contributed by atoms with Crippen LogP contribution in [0.15, 0.2) is 24.3 Å². The molecule has 0 aromatic heterocycles. The summed E-state index contributed by atoms with van der Waals surface area (Å²) in [4.78, 5) is 27.4. The van der Waals surface area contributed by atoms with Crippen molar-refractivity contribution in [3.05, 3.63) is 24.3 Å². The molecule has 2 heterocycles. The Bertz CT molecular complexity index is 580. The molecule has 7 heteroatoms. The summed E-state index contributed by atoms with van der Waals surface area (Å²) < 4.78 is 10.6. The minimum Gasteiger partial charge on any atom is -0.497 e. The van der Waals surface area contributed by atoms with Crippen molar-refractivity contribution in [3.8, 4) is 11.5 Å². The quantitative estimate of drug-likeness (QED) is 0.792. The fourth-order valence-corrected chi connectivity index (χ4v) is 3.14. The number of carbonyl (C=O) groups is 2. The molecule has 0 saturated carbocycles. The lowest BCUT2D eigenvalue weighted by Gasteiger charge is -2.26. The molecule has 2 unspecified atom stereocenters. The monoisotopic (exact) mass is 334 g/mol. The van der Waals surface area contributed by atoms with Gasteiger partial charge < -0.3 is 19.5 Å². The standard InChI is InChI=1S/C17H22N2O5/c1-23-13-5-7-14(8-6-13)24-11-12(20)10-19-16(21)15-4-2-3-9-18(15)17(19)22/h5-8,12,15,20H,2-4,9-11H2,1H3. The molecule has 3 rings (SSSR count). The summed E-state index contributed by atoms with van der Waals surface area (Å²) in [5, 5.41) is 10.1. The Morgan fingerprint density at radius 3 is 2.58 bits per heavy atom. The number of aliphatic hydroxyl groups is 1. The van der Waals surface area contributed by atoms with Crippen molar-refractivity contribution in [2.45, 2.75) is 31.4 Å². The normalized spacial score (nSPS) is 21.7. The highest BCUT2D eigenvalue weighted by atomic mass is 16.5. The van der Waals surface area contributed by atoms with Gasteiger partial charge in [0.2, 0.25) is 0 Å². The summed E-state index contributed by atoms with van der Waals surface area (Å²) in [5.41, 5.74) is 0. The molecule has 1 aromatic rings. The molecule has 0 spiro atoms. The number of methoxy groups -OCH3 is 1. The summed E-state index contributed by atoms with van der Waals surface area (Å²) in [7, 11) is 1.58. The summed E-state index contributed by atoms with van der Waals surface area (Å²) in [6.07, 6.45) is 1.66. The van der Waals surface area contributed by atoms with Crippen molar-refractivity contribution in [2.24, 2.45) is 0 Å². The second-order valence-electron chi connectivity index (χ2n) is 6.08. The highest BCUT2D eigenvalue weighted by Gasteiger charge is 2.46. The van der Waals surface area contributed by atoms with E-state index in [1.165, 1.54) is 0 Å². The maximum absolute atomic E-state index is 12.3. The van der Waals surface area contributed by atoms with Crippen LogP contribution < -0.4 is 9.47 Å². The van der Waals surface area contributed by atoms with Crippen LogP contribution in [-0.2, 0) is 4.79 Å². The number of imide groups is 1. The third-order valence-electron chi connectivity index (χ3n) is 4.43. The highest BCUT2D eigenvalue weighted by molar-refractivity contribution is 6.04. The van der Waals surface area contributed by atoms with E-state index in [1.54, 1.807) is 36.3 Å². The number of β-amino-alcohol motifs (C(OH)–C–C–N with tert-alkyl or cyclic N) is 1. The zero-order valence-electron chi connectivity index (χ0n) is 13.7. The number of piperidine rings is 1. The molecule has 130 valence electrons. The minimum atomic E-state index is -0.929. The number of rotatable bonds is 6. The summed E-state index contributed by atoms with van der Waals surface area (Å²) in [5.74, 6) is 1.10. The predicted octanol–water partition coefficient (Wildman–Crippen LogP) is 1.25. The molecular weight excluding hydrogens is 312 g/mol. The Hall–Kier alpha value is -2.28. The van der Waals surface area contributed by atoms with Crippen molar-refractivity contribution in [1.82, 2.24) is 9.80 Å². The molecule has 24 heavy (non-hydrogen) atoms. The second kappa shape index (κ2) is 7.09. The maximum atomic E-state index is 12.3. The van der Waals surface area contributed by atoms with E-state index < -0.39 is 6.10 Å². The number of carbonyl (C=O) groups excluding carboxylic acids is 2. The summed E-state index contributed by atoms with van der Waals surface area (Å²) >= 11 is 0. The van der Waals surface area contributed by atoms with Gasteiger partial charge in [-0.15, -0.1) is 0 Å². The molecule has 2 aliphatic rings. The second-order valence-corrected chi connectivity index (χ2v) is 6.08. The number of nitrogens with zero attached hydrogens (tertiary/aromatic N) is 2. The minimum absolute atomic E-state index is 0.00799. The van der Waals surface area contributed by atoms with E-state index in [4.69, 9.17) is 9.47 Å². The van der Waals surface area contributed by atoms with Gasteiger partial charge in [0.1, 0.15) is 30.3 Å². The smallest absolute Gasteiger partial charge is 0.327 e. The number of hydrogen-bond acceptors (Lipinski definition) is 5. The van der Waals surface area contributed by atoms with Gasteiger partial charge in [0, 0.05) is 6.54 Å². The number of fused-ring (bicyclic) bond motifs is 1. The zero-order chi connectivity index (χ0) is 17.1. The van der Waals surface area contributed by atoms with Crippen LogP contribution in [0.25, 0.3) is 0 Å². The van der Waals surface area contributed by atoms with Crippen LogP contribution in [0.2, 0.25) is 0 Å². The van der Waals surface area contributed by atoms with E-state index in [1.807, 2.05) is 0 Å². The van der Waals surface area contributed by atoms with Gasteiger partial charge in [0.25, 0.3) is 5.91 Å². The Labute approximate surface area is 140 Å². The largest absolute Gasteiger partial charge is 0.497 e. The van der Waals surface area contributed by atoms with Crippen molar-refractivity contribution in [2.75, 3.05) is 26.8 Å². The van der Waals surface area contributed by atoms with Gasteiger partial charge >= 0.3 is 6.03 Å². The molecular formula is C17H22N2O5. The molecule has 2 fully saturated rings. The maximum Gasteiger partial charge on any atom is 0.327 e. The van der Waals surface area contributed by atoms with Gasteiger partial charge in [-0.25, -0.2) is 4.79 Å². The molecule has 0 bridgehead atoms. The fraction of sp³-hybridized carbons (Fsp3) is 0.529. The lowest BCUT2D eigenvalue weighted by molar-refractivity contribution is -0.129. The molecule has 7 nitrogen and oxygen atoms in total. The van der Waals surface area contributed by atoms with E-state index in [0.29, 0.717) is 24.5 Å². The van der Waals surface area contributed by atoms with Crippen LogP contribution in [0, 0.1) is 0 Å². The van der Waals surface area contributed by atoms with Gasteiger partial charge in [-0.2, -0.15) is 0 Å². The lowest BCUT2D eigenvalue weighted by atomic mass is 10.0. The molecule has 0 aliphatic carbocycles. The molecule has 1 N–H and O–H groups in total. The fourth-order valence-electron chi connectivity index (χ4n) is 3.14. The van der Waals surface area contributed by atoms with Crippen molar-refractivity contribution in [3.63, 3.8) is 0 Å². The average Bonchev–Trinajstić information content (AvgIpc) is 2.86. The third kappa shape index (κ3) is 3.31. The van der Waals surface area contributed by atoms with E-state index in [2.05, 4.69) is 0 Å². The van der Waals surface area contributed by atoms with E-state index in [0.717, 1.165) is 17.7 Å². The first-order chi connectivity index (χ1) is 11.6. The van der Waals surface area contributed by atoms with Crippen molar-refractivity contribution >= 4 is 11.9 Å². The van der Waals surface area contributed by atoms with Crippen molar-refractivity contribution in [1.29, 1.82) is 0 Å². The molecule has 3 amide bonds. The Morgan fingerprint density at radius 2 is 1.92 bits per heavy atom. The van der Waals surface area contributed by atoms with E-state index in [9.17, 15) is 14.7 Å². The Kier molecular flexibility index (Phi) is 4.89. The van der Waals surface area contributed by atoms with Gasteiger partial charge in [-0.05, 0) is 43.5 Å². The number of urea groups is 1. The topological polar surface area (TPSA) is 79.3 Å². The lowest BCUT2D eigenvalue weighted by Crippen LogP contribution is -2.40. The van der Waals surface area contributed by atoms with Crippen LogP contribution in [0.1, 0.15) is 19.3 Å². The van der Waals surface area contributed by atoms with Gasteiger partial charge in [-0.3, -0.25) is 9.69 Å². The van der Waals surface area contributed by atoms with Crippen LogP contribution in [-0.4, -0.2) is 65.8 Å². The van der Waals surface area contributed by atoms with E-state index in [-0.39, 0.29) is 31.1 Å².